The van der Waals surface area contributed by atoms with Crippen molar-refractivity contribution in [3.8, 4) is 73.2 Å². The summed E-state index contributed by atoms with van der Waals surface area (Å²) < 4.78 is 7.25. The minimum atomic E-state index is -0.308. The Labute approximate surface area is 451 Å². The fraction of sp³-hybridized carbons (Fsp3) is 0.0411. The quantitative estimate of drug-likeness (QED) is 0.160. The van der Waals surface area contributed by atoms with Crippen LogP contribution in [0.15, 0.2) is 261 Å². The molecule has 0 saturated heterocycles. The molecule has 4 aromatic heterocycles. The van der Waals surface area contributed by atoms with Crippen molar-refractivity contribution in [2.75, 3.05) is 0 Å². The van der Waals surface area contributed by atoms with Crippen molar-refractivity contribution in [3.05, 3.63) is 272 Å². The maximum Gasteiger partial charge on any atom is 0.160 e. The lowest BCUT2D eigenvalue weighted by Gasteiger charge is -2.23. The van der Waals surface area contributed by atoms with Crippen LogP contribution in [0.4, 0.5) is 0 Å². The zero-order chi connectivity index (χ0) is 51.6. The monoisotopic (exact) mass is 995 g/mol. The number of rotatable bonds is 7. The largest absolute Gasteiger partial charge is 0.309 e. The maximum absolute atomic E-state index is 5.32. The molecule has 15 aromatic rings. The highest BCUT2D eigenvalue weighted by Crippen LogP contribution is 2.51. The summed E-state index contributed by atoms with van der Waals surface area (Å²) in [4.78, 5) is 10.6. The molecule has 78 heavy (non-hydrogen) atoms. The lowest BCUT2D eigenvalue weighted by Crippen LogP contribution is -2.15. The van der Waals surface area contributed by atoms with Crippen LogP contribution in [-0.4, -0.2) is 23.7 Å². The number of aromatic nitrogens is 5. The third-order valence-corrected chi connectivity index (χ3v) is 16.6. The van der Waals surface area contributed by atoms with E-state index in [1.54, 1.807) is 0 Å². The molecule has 1 aliphatic carbocycles. The van der Waals surface area contributed by atoms with Crippen LogP contribution in [0, 0.1) is 0 Å². The molecule has 0 saturated carbocycles. The predicted octanol–water partition coefficient (Wildman–Crippen LogP) is 18.7. The van der Waals surface area contributed by atoms with Gasteiger partial charge in [-0.3, -0.25) is 0 Å². The van der Waals surface area contributed by atoms with E-state index in [4.69, 9.17) is 9.97 Å². The Kier molecular flexibility index (Phi) is 9.61. The summed E-state index contributed by atoms with van der Waals surface area (Å²) in [6.45, 7) is 4.76. The normalized spacial score (nSPS) is 12.8. The highest BCUT2D eigenvalue weighted by atomic mass is 15.0. The first kappa shape index (κ1) is 44.2. The first-order valence-electron chi connectivity index (χ1n) is 26.9. The van der Waals surface area contributed by atoms with E-state index in [9.17, 15) is 0 Å². The van der Waals surface area contributed by atoms with Gasteiger partial charge in [-0.25, -0.2) is 9.97 Å². The molecule has 0 spiro atoms. The molecule has 4 heterocycles. The van der Waals surface area contributed by atoms with Crippen molar-refractivity contribution in [3.63, 3.8) is 0 Å². The SMILES string of the molecule is CC1(C)c2cc(-c3cc(-n4c5ccccc5c5ccccc54)cc(-n4c5ccccc5c5ccccc54)c3)ccc2-c2ccc(-c3cc(-c4ccc(-n5c6ccccc6c6ccccc65)cc4)nc(-c4ccccc4)n3)cc21. The fourth-order valence-electron chi connectivity index (χ4n) is 12.9. The zero-order valence-electron chi connectivity index (χ0n) is 43.1. The third kappa shape index (κ3) is 6.68. The Morgan fingerprint density at radius 2 is 0.628 bits per heavy atom. The molecule has 0 aliphatic heterocycles. The second kappa shape index (κ2) is 17.0. The molecule has 5 nitrogen and oxygen atoms in total. The van der Waals surface area contributed by atoms with Gasteiger partial charge >= 0.3 is 0 Å². The molecule has 0 amide bonds. The van der Waals surface area contributed by atoms with E-state index < -0.39 is 0 Å². The standard InChI is InChI=1S/C73H49N5/c1-73(2)62-42-48(50-40-52(77-68-28-14-8-22-58(68)59-23-9-15-29-69(59)77)44-53(41-50)78-70-30-16-10-24-60(70)61-25-11-17-31-71(61)78)34-38-54(62)55-39-35-49(43-63(55)73)65-45-64(74-72(75-65)47-18-4-3-5-19-47)46-32-36-51(37-33-46)76-66-26-12-6-20-56(66)57-21-7-13-27-67(57)76/h3-45H,1-2H3. The van der Waals surface area contributed by atoms with Crippen molar-refractivity contribution in [1.82, 2.24) is 23.7 Å². The van der Waals surface area contributed by atoms with E-state index in [0.29, 0.717) is 5.82 Å². The number of hydrogen-bond donors (Lipinski definition) is 0. The van der Waals surface area contributed by atoms with Gasteiger partial charge in [0.05, 0.1) is 44.5 Å². The van der Waals surface area contributed by atoms with E-state index in [1.807, 2.05) is 6.07 Å². The van der Waals surface area contributed by atoms with Crippen LogP contribution in [-0.2, 0) is 5.41 Å². The summed E-state index contributed by atoms with van der Waals surface area (Å²) in [5.41, 5.74) is 22.5. The lowest BCUT2D eigenvalue weighted by molar-refractivity contribution is 0.661. The number of fused-ring (bicyclic) bond motifs is 12. The predicted molar refractivity (Wildman–Crippen MR) is 324 cm³/mol. The Balaban J connectivity index is 0.815. The lowest BCUT2D eigenvalue weighted by atomic mass is 9.81. The maximum atomic E-state index is 5.32. The number of nitrogens with zero attached hydrogens (tertiary/aromatic N) is 5. The Morgan fingerprint density at radius 3 is 1.08 bits per heavy atom. The van der Waals surface area contributed by atoms with E-state index >= 15 is 0 Å². The summed E-state index contributed by atoms with van der Waals surface area (Å²) in [6.07, 6.45) is 0. The van der Waals surface area contributed by atoms with Gasteiger partial charge in [-0.2, -0.15) is 0 Å². The molecule has 0 atom stereocenters. The van der Waals surface area contributed by atoms with Gasteiger partial charge in [0.1, 0.15) is 0 Å². The zero-order valence-corrected chi connectivity index (χ0v) is 43.1. The first-order chi connectivity index (χ1) is 38.4. The van der Waals surface area contributed by atoms with Crippen LogP contribution in [0.3, 0.4) is 0 Å². The Hall–Kier alpha value is -10.1. The summed E-state index contributed by atoms with van der Waals surface area (Å²) in [6, 6.07) is 95.1. The minimum absolute atomic E-state index is 0.308. The molecular formula is C73H49N5. The molecule has 0 unspecified atom stereocenters. The van der Waals surface area contributed by atoms with Crippen molar-refractivity contribution in [1.29, 1.82) is 0 Å². The third-order valence-electron chi connectivity index (χ3n) is 16.6. The topological polar surface area (TPSA) is 40.6 Å². The van der Waals surface area contributed by atoms with Gasteiger partial charge in [-0.15, -0.1) is 0 Å². The molecule has 0 fully saturated rings. The Morgan fingerprint density at radius 1 is 0.269 bits per heavy atom. The van der Waals surface area contributed by atoms with Crippen LogP contribution in [0.2, 0.25) is 0 Å². The van der Waals surface area contributed by atoms with Crippen molar-refractivity contribution < 1.29 is 0 Å². The summed E-state index contributed by atoms with van der Waals surface area (Å²) >= 11 is 0. The van der Waals surface area contributed by atoms with Gasteiger partial charge in [0.15, 0.2) is 5.82 Å². The highest BCUT2D eigenvalue weighted by molar-refractivity contribution is 6.11. The second-order valence-electron chi connectivity index (χ2n) is 21.4. The van der Waals surface area contributed by atoms with E-state index in [0.717, 1.165) is 50.7 Å². The summed E-state index contributed by atoms with van der Waals surface area (Å²) in [5.74, 6) is 0.700. The molecule has 0 N–H and O–H groups in total. The van der Waals surface area contributed by atoms with Gasteiger partial charge in [0.25, 0.3) is 0 Å². The van der Waals surface area contributed by atoms with E-state index in [1.165, 1.54) is 93.2 Å². The molecule has 5 heteroatoms. The average molecular weight is 996 g/mol. The van der Waals surface area contributed by atoms with Gasteiger partial charge in [-0.1, -0.05) is 190 Å². The van der Waals surface area contributed by atoms with Crippen LogP contribution in [0.25, 0.3) is 139 Å². The van der Waals surface area contributed by atoms with Crippen LogP contribution >= 0.6 is 0 Å². The van der Waals surface area contributed by atoms with Crippen molar-refractivity contribution >= 4 is 65.4 Å². The van der Waals surface area contributed by atoms with E-state index in [-0.39, 0.29) is 5.41 Å². The summed E-state index contributed by atoms with van der Waals surface area (Å²) in [5, 5.41) is 7.47. The molecule has 1 aliphatic rings. The van der Waals surface area contributed by atoms with Crippen LogP contribution in [0.5, 0.6) is 0 Å². The minimum Gasteiger partial charge on any atom is -0.309 e. The molecular weight excluding hydrogens is 947 g/mol. The smallest absolute Gasteiger partial charge is 0.160 e. The molecule has 0 bridgehead atoms. The van der Waals surface area contributed by atoms with E-state index in [2.05, 4.69) is 282 Å². The van der Waals surface area contributed by atoms with Gasteiger partial charge in [-0.05, 0) is 118 Å². The number of para-hydroxylation sites is 6. The van der Waals surface area contributed by atoms with Gasteiger partial charge in [0.2, 0.25) is 0 Å². The molecule has 11 aromatic carbocycles. The average Bonchev–Trinajstić information content (AvgIpc) is 4.21. The second-order valence-corrected chi connectivity index (χ2v) is 21.4. The van der Waals surface area contributed by atoms with Gasteiger partial charge in [0, 0.05) is 71.5 Å². The summed E-state index contributed by atoms with van der Waals surface area (Å²) in [7, 11) is 0. The van der Waals surface area contributed by atoms with Crippen LogP contribution in [0.1, 0.15) is 25.0 Å². The molecule has 366 valence electrons. The van der Waals surface area contributed by atoms with Crippen LogP contribution < -0.4 is 0 Å². The van der Waals surface area contributed by atoms with Crippen molar-refractivity contribution in [2.24, 2.45) is 0 Å². The Bertz CT molecular complexity index is 4640. The molecule has 0 radical (unpaired) electrons. The van der Waals surface area contributed by atoms with Crippen molar-refractivity contribution in [2.45, 2.75) is 19.3 Å². The first-order valence-corrected chi connectivity index (χ1v) is 26.9. The van der Waals surface area contributed by atoms with Gasteiger partial charge < -0.3 is 13.7 Å². The number of hydrogen-bond acceptors (Lipinski definition) is 2. The highest BCUT2D eigenvalue weighted by Gasteiger charge is 2.36. The molecule has 16 rings (SSSR count). The number of benzene rings is 11. The fourth-order valence-corrected chi connectivity index (χ4v) is 12.9.